The lowest BCUT2D eigenvalue weighted by Gasteiger charge is -2.24. The lowest BCUT2D eigenvalue weighted by Crippen LogP contribution is -2.35. The van der Waals surface area contributed by atoms with Crippen LogP contribution in [0.5, 0.6) is 0 Å². The second-order valence-electron chi connectivity index (χ2n) is 5.32. The van der Waals surface area contributed by atoms with Crippen molar-refractivity contribution in [1.29, 1.82) is 5.26 Å². The van der Waals surface area contributed by atoms with Gasteiger partial charge in [-0.25, -0.2) is 0 Å². The van der Waals surface area contributed by atoms with Crippen LogP contribution in [-0.2, 0) is 4.79 Å². The molecule has 0 spiro atoms. The molecule has 104 valence electrons. The Morgan fingerprint density at radius 1 is 1.33 bits per heavy atom. The van der Waals surface area contributed by atoms with Crippen LogP contribution < -0.4 is 5.32 Å². The van der Waals surface area contributed by atoms with E-state index < -0.39 is 0 Å². The number of amides is 1. The predicted molar refractivity (Wildman–Crippen MR) is 74.0 cm³/mol. The zero-order chi connectivity index (χ0) is 14.0. The van der Waals surface area contributed by atoms with Gasteiger partial charge in [-0.1, -0.05) is 13.8 Å². The van der Waals surface area contributed by atoms with E-state index in [1.807, 2.05) is 18.7 Å². The number of nitrogens with one attached hydrogen (secondary N) is 1. The van der Waals surface area contributed by atoms with Gasteiger partial charge in [0.05, 0.1) is 6.07 Å². The first kappa shape index (κ1) is 16.9. The number of nitriles is 1. The Kier molecular flexibility index (Phi) is 8.40. The van der Waals surface area contributed by atoms with Gasteiger partial charge in [-0.3, -0.25) is 4.79 Å². The smallest absolute Gasteiger partial charge is 0.223 e. The molecular weight excluding hydrogens is 226 g/mol. The van der Waals surface area contributed by atoms with E-state index in [0.717, 1.165) is 26.1 Å². The van der Waals surface area contributed by atoms with Gasteiger partial charge in [0.25, 0.3) is 0 Å². The maximum atomic E-state index is 11.7. The molecule has 1 amide bonds. The van der Waals surface area contributed by atoms with Crippen molar-refractivity contribution in [1.82, 2.24) is 10.2 Å². The van der Waals surface area contributed by atoms with Crippen molar-refractivity contribution >= 4 is 5.91 Å². The van der Waals surface area contributed by atoms with E-state index in [9.17, 15) is 4.79 Å². The first-order valence-electron chi connectivity index (χ1n) is 6.82. The van der Waals surface area contributed by atoms with E-state index in [2.05, 4.69) is 25.2 Å². The number of nitrogens with zero attached hydrogens (tertiary/aromatic N) is 2. The maximum Gasteiger partial charge on any atom is 0.223 e. The zero-order valence-corrected chi connectivity index (χ0v) is 12.3. The van der Waals surface area contributed by atoms with Crippen molar-refractivity contribution in [3.05, 3.63) is 0 Å². The lowest BCUT2D eigenvalue weighted by atomic mass is 9.88. The van der Waals surface area contributed by atoms with Gasteiger partial charge >= 0.3 is 0 Å². The Balaban J connectivity index is 3.79. The Morgan fingerprint density at radius 2 is 1.94 bits per heavy atom. The van der Waals surface area contributed by atoms with Gasteiger partial charge in [0.2, 0.25) is 5.91 Å². The standard InChI is InChI=1S/C14H27N3O/c1-5-17(6-2)13(18)8-11-16-12-14(3,4)9-7-10-15/h16H,5-9,11-12H2,1-4H3. The fraction of sp³-hybridized carbons (Fsp3) is 0.857. The molecule has 0 bridgehead atoms. The second-order valence-corrected chi connectivity index (χ2v) is 5.32. The first-order chi connectivity index (χ1) is 8.46. The molecule has 0 saturated carbocycles. The molecule has 0 aromatic heterocycles. The van der Waals surface area contributed by atoms with E-state index in [4.69, 9.17) is 5.26 Å². The molecule has 0 radical (unpaired) electrons. The summed E-state index contributed by atoms with van der Waals surface area (Å²) >= 11 is 0. The molecule has 4 nitrogen and oxygen atoms in total. The van der Waals surface area contributed by atoms with Crippen molar-refractivity contribution < 1.29 is 4.79 Å². The van der Waals surface area contributed by atoms with E-state index in [1.54, 1.807) is 0 Å². The summed E-state index contributed by atoms with van der Waals surface area (Å²) in [7, 11) is 0. The van der Waals surface area contributed by atoms with Crippen molar-refractivity contribution in [2.24, 2.45) is 5.41 Å². The van der Waals surface area contributed by atoms with E-state index in [-0.39, 0.29) is 11.3 Å². The van der Waals surface area contributed by atoms with E-state index >= 15 is 0 Å². The first-order valence-corrected chi connectivity index (χ1v) is 6.82. The number of hydrogen-bond acceptors (Lipinski definition) is 3. The van der Waals surface area contributed by atoms with Crippen molar-refractivity contribution in [2.75, 3.05) is 26.2 Å². The highest BCUT2D eigenvalue weighted by Crippen LogP contribution is 2.20. The van der Waals surface area contributed by atoms with Crippen LogP contribution in [0.4, 0.5) is 0 Å². The van der Waals surface area contributed by atoms with Crippen molar-refractivity contribution in [2.45, 2.75) is 47.0 Å². The molecule has 0 aliphatic rings. The second kappa shape index (κ2) is 8.93. The largest absolute Gasteiger partial charge is 0.343 e. The topological polar surface area (TPSA) is 56.1 Å². The monoisotopic (exact) mass is 253 g/mol. The average Bonchev–Trinajstić information content (AvgIpc) is 2.34. The van der Waals surface area contributed by atoms with Gasteiger partial charge in [-0.15, -0.1) is 0 Å². The minimum atomic E-state index is 0.119. The molecule has 0 heterocycles. The Hall–Kier alpha value is -1.08. The van der Waals surface area contributed by atoms with Crippen LogP contribution in [0.25, 0.3) is 0 Å². The third-order valence-electron chi connectivity index (χ3n) is 3.15. The summed E-state index contributed by atoms with van der Waals surface area (Å²) in [5, 5.41) is 11.9. The maximum absolute atomic E-state index is 11.7. The van der Waals surface area contributed by atoms with Crippen molar-refractivity contribution in [3.63, 3.8) is 0 Å². The molecule has 0 atom stereocenters. The molecule has 0 aliphatic heterocycles. The van der Waals surface area contributed by atoms with Gasteiger partial charge < -0.3 is 10.2 Å². The van der Waals surface area contributed by atoms with Crippen LogP contribution in [0, 0.1) is 16.7 Å². The summed E-state index contributed by atoms with van der Waals surface area (Å²) in [6, 6.07) is 2.17. The van der Waals surface area contributed by atoms with Gasteiger partial charge in [-0.05, 0) is 25.7 Å². The van der Waals surface area contributed by atoms with Gasteiger partial charge in [0.1, 0.15) is 0 Å². The Bertz CT molecular complexity index is 277. The minimum absolute atomic E-state index is 0.119. The molecule has 1 N–H and O–H groups in total. The molecule has 0 unspecified atom stereocenters. The molecular formula is C14H27N3O. The fourth-order valence-corrected chi connectivity index (χ4v) is 1.84. The predicted octanol–water partition coefficient (Wildman–Crippen LogP) is 2.16. The molecule has 0 aromatic rings. The number of carbonyl (C=O) groups is 1. The number of rotatable bonds is 9. The minimum Gasteiger partial charge on any atom is -0.343 e. The highest BCUT2D eigenvalue weighted by molar-refractivity contribution is 5.76. The number of carbonyl (C=O) groups excluding carboxylic acids is 1. The SMILES string of the molecule is CCN(CC)C(=O)CCNCC(C)(C)CCC#N. The third kappa shape index (κ3) is 7.29. The van der Waals surface area contributed by atoms with Crippen molar-refractivity contribution in [3.8, 4) is 6.07 Å². The Morgan fingerprint density at radius 3 is 2.44 bits per heavy atom. The van der Waals surface area contributed by atoms with Crippen LogP contribution in [0.3, 0.4) is 0 Å². The van der Waals surface area contributed by atoms with E-state index in [0.29, 0.717) is 19.4 Å². The zero-order valence-electron chi connectivity index (χ0n) is 12.3. The normalized spacial score (nSPS) is 11.1. The van der Waals surface area contributed by atoms with Crippen LogP contribution in [-0.4, -0.2) is 37.0 Å². The van der Waals surface area contributed by atoms with Crippen LogP contribution in [0.15, 0.2) is 0 Å². The van der Waals surface area contributed by atoms with Gasteiger partial charge in [0.15, 0.2) is 0 Å². The molecule has 0 aliphatic carbocycles. The average molecular weight is 253 g/mol. The molecule has 18 heavy (non-hydrogen) atoms. The fourth-order valence-electron chi connectivity index (χ4n) is 1.84. The third-order valence-corrected chi connectivity index (χ3v) is 3.15. The van der Waals surface area contributed by atoms with Crippen LogP contribution >= 0.6 is 0 Å². The summed E-state index contributed by atoms with van der Waals surface area (Å²) in [4.78, 5) is 13.6. The summed E-state index contributed by atoms with van der Waals surface area (Å²) < 4.78 is 0. The highest BCUT2D eigenvalue weighted by atomic mass is 16.2. The molecule has 0 fully saturated rings. The summed E-state index contributed by atoms with van der Waals surface area (Å²) in [5.41, 5.74) is 0.119. The van der Waals surface area contributed by atoms with Gasteiger partial charge in [-0.2, -0.15) is 5.26 Å². The lowest BCUT2D eigenvalue weighted by molar-refractivity contribution is -0.130. The Labute approximate surface area is 111 Å². The van der Waals surface area contributed by atoms with Gasteiger partial charge in [0, 0.05) is 39.0 Å². The molecule has 0 saturated heterocycles. The highest BCUT2D eigenvalue weighted by Gasteiger charge is 2.17. The molecule has 0 aromatic carbocycles. The summed E-state index contributed by atoms with van der Waals surface area (Å²) in [6.45, 7) is 11.4. The van der Waals surface area contributed by atoms with Crippen LogP contribution in [0.1, 0.15) is 47.0 Å². The molecule has 4 heteroatoms. The van der Waals surface area contributed by atoms with Crippen LogP contribution in [0.2, 0.25) is 0 Å². The van der Waals surface area contributed by atoms with E-state index in [1.165, 1.54) is 0 Å². The summed E-state index contributed by atoms with van der Waals surface area (Å²) in [6.07, 6.45) is 2.03. The molecule has 0 rings (SSSR count). The summed E-state index contributed by atoms with van der Waals surface area (Å²) in [5.74, 6) is 0.210. The quantitative estimate of drug-likeness (QED) is 0.641. The number of hydrogen-bond donors (Lipinski definition) is 1.